The molecule has 0 fully saturated rings. The van der Waals surface area contributed by atoms with Gasteiger partial charge in [0.25, 0.3) is 5.97 Å². The van der Waals surface area contributed by atoms with Gasteiger partial charge in [0.05, 0.1) is 6.61 Å². The standard InChI is InChI=1S/C12H26O4S.C2H6O4.Na/c1-2-3-4-5-6-7-8-9-10-11-12-16-17(13,14)15;3-1-2(4,5)6;/h2-12H2,1H3,(H,13,14,15);3-6H,1H2;/q;;+1/p-1. The summed E-state index contributed by atoms with van der Waals surface area (Å²) in [5.41, 5.74) is 0. The fourth-order valence-corrected chi connectivity index (χ4v) is 2.07. The summed E-state index contributed by atoms with van der Waals surface area (Å²) in [5, 5.41) is 30.7. The second kappa shape index (κ2) is 18.5. The third-order valence-corrected chi connectivity index (χ3v) is 3.39. The normalized spacial score (nSPS) is 11.4. The molecule has 10 heteroatoms. The maximum Gasteiger partial charge on any atom is 1.00 e. The van der Waals surface area contributed by atoms with Gasteiger partial charge in [-0.1, -0.05) is 64.7 Å². The Kier molecular flexibility index (Phi) is 22.7. The molecule has 24 heavy (non-hydrogen) atoms. The summed E-state index contributed by atoms with van der Waals surface area (Å²) < 4.78 is 34.5. The summed E-state index contributed by atoms with van der Waals surface area (Å²) in [6.45, 7) is 1.18. The van der Waals surface area contributed by atoms with Crippen molar-refractivity contribution in [2.75, 3.05) is 13.2 Å². The molecule has 8 nitrogen and oxygen atoms in total. The average Bonchev–Trinajstić information content (AvgIpc) is 2.43. The molecule has 0 unspecified atom stereocenters. The molecule has 0 radical (unpaired) electrons. The van der Waals surface area contributed by atoms with E-state index >= 15 is 0 Å². The topological polar surface area (TPSA) is 147 Å². The van der Waals surface area contributed by atoms with Crippen molar-refractivity contribution in [2.45, 2.75) is 77.1 Å². The minimum atomic E-state index is -4.48. The molecule has 0 rings (SSSR count). The van der Waals surface area contributed by atoms with Gasteiger partial charge in [0, 0.05) is 0 Å². The Morgan fingerprint density at radius 1 is 0.875 bits per heavy atom. The molecule has 0 atom stereocenters. The van der Waals surface area contributed by atoms with Crippen molar-refractivity contribution in [1.82, 2.24) is 0 Å². The number of unbranched alkanes of at least 4 members (excludes halogenated alkanes) is 9. The summed E-state index contributed by atoms with van der Waals surface area (Å²) in [6.07, 6.45) is 11.7. The Morgan fingerprint density at radius 3 is 1.50 bits per heavy atom. The Labute approximate surface area is 167 Å². The fourth-order valence-electron chi connectivity index (χ4n) is 1.75. The van der Waals surface area contributed by atoms with Crippen LogP contribution < -0.4 is 29.6 Å². The zero-order valence-electron chi connectivity index (χ0n) is 14.8. The second-order valence-electron chi connectivity index (χ2n) is 5.34. The van der Waals surface area contributed by atoms with Crippen LogP contribution in [-0.4, -0.2) is 52.6 Å². The first kappa shape index (κ1) is 29.5. The Morgan fingerprint density at radius 2 is 1.21 bits per heavy atom. The van der Waals surface area contributed by atoms with Gasteiger partial charge in [0.15, 0.2) is 0 Å². The minimum Gasteiger partial charge on any atom is -0.726 e. The van der Waals surface area contributed by atoms with E-state index in [1.807, 2.05) is 0 Å². The molecule has 0 bridgehead atoms. The van der Waals surface area contributed by atoms with Gasteiger partial charge in [-0.05, 0) is 6.42 Å². The third-order valence-electron chi connectivity index (χ3n) is 2.94. The maximum absolute atomic E-state index is 10.1. The van der Waals surface area contributed by atoms with E-state index in [4.69, 9.17) is 20.4 Å². The zero-order chi connectivity index (χ0) is 18.2. The number of hydrogen-bond donors (Lipinski definition) is 4. The number of aliphatic hydroxyl groups excluding tert-OH is 1. The summed E-state index contributed by atoms with van der Waals surface area (Å²) in [6, 6.07) is 0. The van der Waals surface area contributed by atoms with Crippen LogP contribution >= 0.6 is 0 Å². The van der Waals surface area contributed by atoms with Crippen LogP contribution in [0.25, 0.3) is 0 Å². The average molecular weight is 382 g/mol. The van der Waals surface area contributed by atoms with Crippen molar-refractivity contribution in [3.05, 3.63) is 0 Å². The molecule has 0 saturated carbocycles. The van der Waals surface area contributed by atoms with Crippen LogP contribution in [0.1, 0.15) is 71.1 Å². The van der Waals surface area contributed by atoms with E-state index in [2.05, 4.69) is 11.1 Å². The zero-order valence-corrected chi connectivity index (χ0v) is 17.6. The molecule has 0 heterocycles. The van der Waals surface area contributed by atoms with Crippen LogP contribution in [0.2, 0.25) is 0 Å². The summed E-state index contributed by atoms with van der Waals surface area (Å²) >= 11 is 0. The molecule has 0 saturated heterocycles. The molecule has 142 valence electrons. The Bertz CT molecular complexity index is 343. The Balaban J connectivity index is -0.000000538. The number of rotatable bonds is 13. The first-order valence-electron chi connectivity index (χ1n) is 8.00. The van der Waals surface area contributed by atoms with Gasteiger partial charge in [-0.15, -0.1) is 0 Å². The molecule has 0 amide bonds. The van der Waals surface area contributed by atoms with E-state index in [0.29, 0.717) is 6.42 Å². The fraction of sp³-hybridized carbons (Fsp3) is 1.00. The van der Waals surface area contributed by atoms with Gasteiger partial charge >= 0.3 is 29.6 Å². The molecule has 4 N–H and O–H groups in total. The van der Waals surface area contributed by atoms with Crippen molar-refractivity contribution in [3.8, 4) is 0 Å². The van der Waals surface area contributed by atoms with Gasteiger partial charge in [0.1, 0.15) is 6.61 Å². The first-order valence-corrected chi connectivity index (χ1v) is 9.34. The Hall–Kier alpha value is 0.710. The van der Waals surface area contributed by atoms with Crippen LogP contribution in [0.4, 0.5) is 0 Å². The summed E-state index contributed by atoms with van der Waals surface area (Å²) in [5.74, 6) is -2.90. The molecule has 0 aliphatic rings. The van der Waals surface area contributed by atoms with E-state index in [9.17, 15) is 13.0 Å². The van der Waals surface area contributed by atoms with Crippen LogP contribution in [-0.2, 0) is 14.6 Å². The molecule has 0 aromatic heterocycles. The molecular weight excluding hydrogens is 351 g/mol. The van der Waals surface area contributed by atoms with E-state index in [-0.39, 0.29) is 36.2 Å². The minimum absolute atomic E-state index is 0. The second-order valence-corrected chi connectivity index (χ2v) is 6.40. The first-order chi connectivity index (χ1) is 10.6. The van der Waals surface area contributed by atoms with Crippen molar-refractivity contribution < 1.29 is 67.1 Å². The third kappa shape index (κ3) is 34.1. The molecule has 0 spiro atoms. The molecule has 0 aromatic carbocycles. The van der Waals surface area contributed by atoms with Crippen molar-refractivity contribution in [3.63, 3.8) is 0 Å². The van der Waals surface area contributed by atoms with Crippen LogP contribution in [0.15, 0.2) is 0 Å². The van der Waals surface area contributed by atoms with Gasteiger partial charge < -0.3 is 25.0 Å². The van der Waals surface area contributed by atoms with E-state index in [0.717, 1.165) is 12.8 Å². The van der Waals surface area contributed by atoms with Crippen molar-refractivity contribution >= 4 is 10.4 Å². The van der Waals surface area contributed by atoms with E-state index in [1.54, 1.807) is 0 Å². The number of hydrogen-bond acceptors (Lipinski definition) is 8. The van der Waals surface area contributed by atoms with Gasteiger partial charge in [-0.3, -0.25) is 4.18 Å². The van der Waals surface area contributed by atoms with Gasteiger partial charge in [-0.2, -0.15) is 0 Å². The van der Waals surface area contributed by atoms with Gasteiger partial charge in [0.2, 0.25) is 10.4 Å². The summed E-state index contributed by atoms with van der Waals surface area (Å²) in [4.78, 5) is 0. The van der Waals surface area contributed by atoms with Crippen molar-refractivity contribution in [1.29, 1.82) is 0 Å². The smallest absolute Gasteiger partial charge is 0.726 e. The molecule has 0 aliphatic carbocycles. The number of aliphatic hydroxyl groups is 4. The molecular formula is C14H31NaO8S. The maximum atomic E-state index is 10.1. The van der Waals surface area contributed by atoms with Crippen LogP contribution in [0.3, 0.4) is 0 Å². The van der Waals surface area contributed by atoms with E-state index in [1.165, 1.54) is 44.9 Å². The van der Waals surface area contributed by atoms with Crippen LogP contribution in [0, 0.1) is 0 Å². The van der Waals surface area contributed by atoms with Gasteiger partial charge in [-0.25, -0.2) is 8.42 Å². The predicted molar refractivity (Wildman–Crippen MR) is 84.0 cm³/mol. The SMILES string of the molecule is CCCCCCCCCCCCOS(=O)(=O)[O-].OCC(O)(O)O.[Na+]. The molecule has 0 aliphatic heterocycles. The predicted octanol–water partition coefficient (Wildman–Crippen LogP) is -2.00. The van der Waals surface area contributed by atoms with Crippen molar-refractivity contribution in [2.24, 2.45) is 0 Å². The monoisotopic (exact) mass is 382 g/mol. The largest absolute Gasteiger partial charge is 1.00 e. The van der Waals surface area contributed by atoms with E-state index < -0.39 is 23.0 Å². The molecule has 0 aromatic rings. The summed E-state index contributed by atoms with van der Waals surface area (Å²) in [7, 11) is -4.48. The quantitative estimate of drug-likeness (QED) is 0.0940. The van der Waals surface area contributed by atoms with Crippen LogP contribution in [0.5, 0.6) is 0 Å².